The molecule has 0 aliphatic carbocycles. The number of rotatable bonds is 0. The fraction of sp³-hybridized carbons (Fsp3) is 0. The van der Waals surface area contributed by atoms with Crippen LogP contribution in [0.4, 0.5) is 0 Å². The van der Waals surface area contributed by atoms with E-state index in [9.17, 15) is 0 Å². The van der Waals surface area contributed by atoms with Crippen molar-refractivity contribution in [2.24, 2.45) is 0 Å². The Morgan fingerprint density at radius 1 is 0.244 bits per heavy atom. The fourth-order valence-electron chi connectivity index (χ4n) is 0. The zero-order chi connectivity index (χ0) is 31.5. The molecule has 0 aromatic carbocycles. The van der Waals surface area contributed by atoms with Gasteiger partial charge in [-0.3, -0.25) is 58.9 Å². The van der Waals surface area contributed by atoms with Gasteiger partial charge in [0, 0.05) is 72.8 Å². The molecule has 0 aromatic heterocycles. The molecule has 0 atom stereocenters. The Labute approximate surface area is 348 Å². The van der Waals surface area contributed by atoms with Crippen LogP contribution in [0.2, 0.25) is 0 Å². The Kier molecular flexibility index (Phi) is 80.6. The molecule has 0 saturated heterocycles. The molecule has 41 heteroatoms. The smallest absolute Gasteiger partial charge is 0.759 e. The van der Waals surface area contributed by atoms with E-state index in [4.69, 9.17) is 123 Å². The van der Waals surface area contributed by atoms with E-state index in [0.29, 0.717) is 0 Å². The maximum atomic E-state index is 8.52. The Hall–Kier alpha value is 4.34. The average Bonchev–Trinajstić information content (AvgIpc) is 2.06. The molecule has 0 amide bonds. The average molecular weight is 1120 g/mol. The third-order valence-electron chi connectivity index (χ3n) is 0. The molecule has 0 radical (unpaired) electrons. The van der Waals surface area contributed by atoms with Gasteiger partial charge >= 0.3 is 159 Å². The quantitative estimate of drug-likeness (QED) is 0.123. The molecule has 0 unspecified atom stereocenters. The first kappa shape index (κ1) is 85.2. The Morgan fingerprint density at radius 3 is 0.244 bits per heavy atom. The fourth-order valence-corrected chi connectivity index (χ4v) is 0. The summed E-state index contributed by atoms with van der Waals surface area (Å²) in [5.41, 5.74) is 0. The molecule has 41 heavy (non-hydrogen) atoms. The number of hydrogen-bond donors (Lipinski definition) is 0. The second-order valence-corrected chi connectivity index (χ2v) is 8.57. The second-order valence-electron chi connectivity index (χ2n) is 2.86. The summed E-state index contributed by atoms with van der Waals surface area (Å²) in [6, 6.07) is 0. The predicted octanol–water partition coefficient (Wildman–Crippen LogP) is -15.1. The van der Waals surface area contributed by atoms with Gasteiger partial charge in [-0.15, -0.1) is 0 Å². The van der Waals surface area contributed by atoms with Gasteiger partial charge in [-0.1, -0.05) is 0 Å². The first-order valence-electron chi connectivity index (χ1n) is 4.67. The molecule has 0 fully saturated rings. The summed E-state index contributed by atoms with van der Waals surface area (Å²) >= 11 is 0. The maximum absolute atomic E-state index is 8.52. The predicted molar refractivity (Wildman–Crippen MR) is 75.5 cm³/mol. The van der Waals surface area contributed by atoms with E-state index in [1.807, 2.05) is 0 Å². The minimum absolute atomic E-state index is 0. The third kappa shape index (κ3) is 4230. The van der Waals surface area contributed by atoms with Crippen LogP contribution in [-0.4, -0.2) is 123 Å². The van der Waals surface area contributed by atoms with Crippen LogP contribution in [0.15, 0.2) is 0 Å². The molecule has 244 valence electrons. The van der Waals surface area contributed by atoms with E-state index in [1.54, 1.807) is 0 Å². The van der Waals surface area contributed by atoms with Crippen molar-refractivity contribution in [1.29, 1.82) is 0 Å². The molecule has 0 spiro atoms. The molecular weight excluding hydrogens is 1120 g/mol. The minimum atomic E-state index is -5.17. The van der Waals surface area contributed by atoms with Crippen LogP contribution in [0.5, 0.6) is 0 Å². The van der Waals surface area contributed by atoms with E-state index in [0.717, 1.165) is 0 Å². The molecule has 0 rings (SSSR count). The summed E-state index contributed by atoms with van der Waals surface area (Å²) in [4.78, 5) is 0. The third-order valence-corrected chi connectivity index (χ3v) is 0. The zero-order valence-electron chi connectivity index (χ0n) is 19.9. The summed E-state index contributed by atoms with van der Waals surface area (Å²) in [7, 11) is -36.2. The van der Waals surface area contributed by atoms with Gasteiger partial charge < -0.3 is 63.7 Å². The molecular formula is H2Ag2Na2O28S7Zr2. The van der Waals surface area contributed by atoms with Crippen LogP contribution in [-0.2, 0) is 170 Å². The molecule has 0 aliphatic heterocycles. The molecule has 0 bridgehead atoms. The summed E-state index contributed by atoms with van der Waals surface area (Å²) in [5, 5.41) is 0. The topological polar surface area (TPSA) is 562 Å². The molecule has 0 saturated carbocycles. The first-order valence-corrected chi connectivity index (χ1v) is 14.0. The SMILES string of the molecule is O=S(=O)([O-])[O-].O=S(=O)([O-])[O-].O=S(=O)([O-])[O-].O=S(=O)([O-])[O-].O=S(=O)([O-])[O-].O=S(=O)([O-])[O-].O=S(=O)([O-])[O-].[Ag+].[Ag+].[H+].[H+].[Na+].[Na+].[Zr+4].[Zr+4]. The summed E-state index contributed by atoms with van der Waals surface area (Å²) in [6.45, 7) is 0. The van der Waals surface area contributed by atoms with Gasteiger partial charge in [0.2, 0.25) is 0 Å². The van der Waals surface area contributed by atoms with E-state index >= 15 is 0 Å². The van der Waals surface area contributed by atoms with Crippen LogP contribution in [0.25, 0.3) is 0 Å². The normalized spacial score (nSPS) is 9.90. The van der Waals surface area contributed by atoms with E-state index in [-0.39, 0.29) is 159 Å². The van der Waals surface area contributed by atoms with Gasteiger partial charge in [-0.25, -0.2) is 0 Å². The molecule has 0 aromatic rings. The largest absolute Gasteiger partial charge is 4.00 e. The molecule has 28 nitrogen and oxygen atoms in total. The van der Waals surface area contributed by atoms with E-state index in [2.05, 4.69) is 0 Å². The van der Waals surface area contributed by atoms with Gasteiger partial charge in [0.1, 0.15) is 0 Å². The zero-order valence-corrected chi connectivity index (χ0v) is 35.5. The molecule has 0 N–H and O–H groups in total. The van der Waals surface area contributed by atoms with E-state index in [1.165, 1.54) is 0 Å². The van der Waals surface area contributed by atoms with Crippen LogP contribution in [0.3, 0.4) is 0 Å². The van der Waals surface area contributed by atoms with Gasteiger partial charge in [-0.2, -0.15) is 0 Å². The van der Waals surface area contributed by atoms with Crippen molar-refractivity contribution in [2.45, 2.75) is 0 Å². The minimum Gasteiger partial charge on any atom is -0.759 e. The Balaban J connectivity index is -0.0000000159. The van der Waals surface area contributed by atoms with Gasteiger partial charge in [-0.05, 0) is 0 Å². The molecule has 0 heterocycles. The Morgan fingerprint density at radius 2 is 0.244 bits per heavy atom. The summed E-state index contributed by atoms with van der Waals surface area (Å²) in [5.74, 6) is 0. The van der Waals surface area contributed by atoms with Crippen molar-refractivity contribution < 1.29 is 282 Å². The van der Waals surface area contributed by atoms with Crippen LogP contribution < -0.4 is 59.1 Å². The second kappa shape index (κ2) is 38.8. The van der Waals surface area contributed by atoms with Crippen LogP contribution in [0.1, 0.15) is 2.85 Å². The first-order chi connectivity index (χ1) is 14.0. The van der Waals surface area contributed by atoms with Crippen molar-refractivity contribution in [2.75, 3.05) is 0 Å². The number of hydrogen-bond acceptors (Lipinski definition) is 28. The van der Waals surface area contributed by atoms with Crippen LogP contribution >= 0.6 is 0 Å². The maximum Gasteiger partial charge on any atom is 4.00 e. The standard InChI is InChI=1S/2Ag.2Na.7H2O4S.2Zr/c;;;;7*1-5(2,3)4;;/h;;;;7*(H2,1,2,3,4);;/q4*+1;;;;;;;;2*+4/p-12. The van der Waals surface area contributed by atoms with Gasteiger partial charge in [0.15, 0.2) is 0 Å². The van der Waals surface area contributed by atoms with Crippen LogP contribution in [0, 0.1) is 0 Å². The van der Waals surface area contributed by atoms with Crippen molar-refractivity contribution >= 4 is 72.8 Å². The monoisotopic (exact) mass is 1110 g/mol. The van der Waals surface area contributed by atoms with Crippen molar-refractivity contribution in [3.05, 3.63) is 0 Å². The van der Waals surface area contributed by atoms with Crippen molar-refractivity contribution in [1.82, 2.24) is 0 Å². The Bertz CT molecular complexity index is 948. The van der Waals surface area contributed by atoms with Gasteiger partial charge in [0.25, 0.3) is 0 Å². The summed E-state index contributed by atoms with van der Waals surface area (Å²) < 4.78 is 239. The van der Waals surface area contributed by atoms with Gasteiger partial charge in [0.05, 0.1) is 0 Å². The van der Waals surface area contributed by atoms with Crippen molar-refractivity contribution in [3.8, 4) is 0 Å². The molecule has 0 aliphatic rings. The van der Waals surface area contributed by atoms with Crippen molar-refractivity contribution in [3.63, 3.8) is 0 Å². The van der Waals surface area contributed by atoms with E-state index < -0.39 is 72.8 Å². The summed E-state index contributed by atoms with van der Waals surface area (Å²) in [6.07, 6.45) is 0.